The van der Waals surface area contributed by atoms with Gasteiger partial charge in [-0.15, -0.1) is 0 Å². The molecule has 6 nitrogen and oxygen atoms in total. The lowest BCUT2D eigenvalue weighted by molar-refractivity contribution is -0.122. The quantitative estimate of drug-likeness (QED) is 0.792. The summed E-state index contributed by atoms with van der Waals surface area (Å²) in [6.45, 7) is 4.59. The summed E-state index contributed by atoms with van der Waals surface area (Å²) in [5.74, 6) is -0.679. The first-order chi connectivity index (χ1) is 9.71. The molecule has 2 amide bonds. The lowest BCUT2D eigenvalue weighted by atomic mass is 10.2. The van der Waals surface area contributed by atoms with Gasteiger partial charge in [-0.2, -0.15) is 0 Å². The highest BCUT2D eigenvalue weighted by atomic mass is 35.5. The second kappa shape index (κ2) is 7.28. The van der Waals surface area contributed by atoms with E-state index in [2.05, 4.69) is 10.6 Å². The molecule has 3 N–H and O–H groups in total. The summed E-state index contributed by atoms with van der Waals surface area (Å²) in [6.07, 6.45) is -0.858. The molecule has 0 aliphatic heterocycles. The summed E-state index contributed by atoms with van der Waals surface area (Å²) in [5, 5.41) is 14.7. The van der Waals surface area contributed by atoms with Gasteiger partial charge in [-0.25, -0.2) is 4.79 Å². The van der Waals surface area contributed by atoms with Crippen LogP contribution in [-0.4, -0.2) is 35.4 Å². The maximum Gasteiger partial charge on any atom is 0.414 e. The van der Waals surface area contributed by atoms with Crippen LogP contribution in [0.25, 0.3) is 0 Å². The molecular weight excluding hydrogens is 296 g/mol. The van der Waals surface area contributed by atoms with Gasteiger partial charge < -0.3 is 15.2 Å². The topological polar surface area (TPSA) is 87.7 Å². The van der Waals surface area contributed by atoms with Crippen molar-refractivity contribution in [2.75, 3.05) is 11.9 Å². The molecule has 0 bridgehead atoms. The van der Waals surface area contributed by atoms with Crippen LogP contribution in [0.1, 0.15) is 20.8 Å². The second-order valence-electron chi connectivity index (χ2n) is 5.38. The van der Waals surface area contributed by atoms with E-state index in [0.717, 1.165) is 0 Å². The number of anilines is 1. The van der Waals surface area contributed by atoms with Crippen LogP contribution in [0.15, 0.2) is 24.3 Å². The van der Waals surface area contributed by atoms with Crippen molar-refractivity contribution in [1.82, 2.24) is 5.32 Å². The van der Waals surface area contributed by atoms with Gasteiger partial charge in [0.05, 0.1) is 6.61 Å². The normalized spacial score (nSPS) is 12.4. The monoisotopic (exact) mass is 314 g/mol. The number of ether oxygens (including phenoxy) is 1. The molecule has 0 heterocycles. The molecule has 0 saturated carbocycles. The number of benzene rings is 1. The molecule has 1 aromatic rings. The Labute approximate surface area is 128 Å². The van der Waals surface area contributed by atoms with Gasteiger partial charge in [0, 0.05) is 10.7 Å². The summed E-state index contributed by atoms with van der Waals surface area (Å²) < 4.78 is 4.97. The van der Waals surface area contributed by atoms with Crippen molar-refractivity contribution in [3.63, 3.8) is 0 Å². The Hall–Kier alpha value is -1.79. The minimum absolute atomic E-state index is 0.475. The van der Waals surface area contributed by atoms with Crippen LogP contribution in [0, 0.1) is 0 Å². The molecule has 0 unspecified atom stereocenters. The summed E-state index contributed by atoms with van der Waals surface area (Å²) >= 11 is 5.76. The molecule has 7 heteroatoms. The third-order valence-electron chi connectivity index (χ3n) is 2.31. The zero-order valence-electron chi connectivity index (χ0n) is 12.1. The van der Waals surface area contributed by atoms with Gasteiger partial charge >= 0.3 is 6.09 Å². The Morgan fingerprint density at radius 2 is 1.86 bits per heavy atom. The van der Waals surface area contributed by atoms with E-state index in [-0.39, 0.29) is 0 Å². The Bertz CT molecular complexity index is 497. The smallest absolute Gasteiger partial charge is 0.414 e. The molecule has 1 rings (SSSR count). The number of nitrogens with one attached hydrogen (secondary N) is 2. The van der Waals surface area contributed by atoms with Crippen LogP contribution >= 0.6 is 11.6 Å². The minimum Gasteiger partial charge on any atom is -0.444 e. The number of rotatable bonds is 4. The van der Waals surface area contributed by atoms with Crippen LogP contribution in [0.5, 0.6) is 0 Å². The number of hydrogen-bond donors (Lipinski definition) is 3. The zero-order chi connectivity index (χ0) is 16.0. The van der Waals surface area contributed by atoms with Crippen LogP contribution in [-0.2, 0) is 9.53 Å². The third-order valence-corrected chi connectivity index (χ3v) is 2.56. The number of imide groups is 1. The molecule has 0 radical (unpaired) electrons. The first-order valence-electron chi connectivity index (χ1n) is 6.38. The molecule has 0 aromatic heterocycles. The number of aliphatic hydroxyl groups is 1. The number of alkyl carbamates (subject to hydrolysis) is 1. The predicted octanol–water partition coefficient (Wildman–Crippen LogP) is 2.16. The van der Waals surface area contributed by atoms with Gasteiger partial charge in [-0.1, -0.05) is 11.6 Å². The third kappa shape index (κ3) is 6.46. The number of carbonyl (C=O) groups excluding carboxylic acids is 2. The van der Waals surface area contributed by atoms with E-state index in [9.17, 15) is 14.7 Å². The molecule has 0 aliphatic carbocycles. The lowest BCUT2D eigenvalue weighted by Gasteiger charge is -2.21. The molecule has 116 valence electrons. The fourth-order valence-corrected chi connectivity index (χ4v) is 1.56. The van der Waals surface area contributed by atoms with E-state index < -0.39 is 30.3 Å². The van der Waals surface area contributed by atoms with E-state index in [1.165, 1.54) is 0 Å². The molecule has 0 aliphatic rings. The number of halogens is 1. The second-order valence-corrected chi connectivity index (χ2v) is 5.81. The summed E-state index contributed by atoms with van der Waals surface area (Å²) in [7, 11) is 0. The van der Waals surface area contributed by atoms with Gasteiger partial charge in [-0.05, 0) is 45.0 Å². The molecule has 1 atom stereocenters. The molecule has 0 spiro atoms. The Morgan fingerprint density at radius 1 is 1.29 bits per heavy atom. The highest BCUT2D eigenvalue weighted by Crippen LogP contribution is 2.14. The Kier molecular flexibility index (Phi) is 5.99. The van der Waals surface area contributed by atoms with Crippen LogP contribution in [0.4, 0.5) is 10.5 Å². The molecule has 0 fully saturated rings. The predicted molar refractivity (Wildman–Crippen MR) is 80.3 cm³/mol. The summed E-state index contributed by atoms with van der Waals surface area (Å²) in [4.78, 5) is 23.4. The minimum atomic E-state index is -0.973. The number of aliphatic hydroxyl groups excluding tert-OH is 1. The van der Waals surface area contributed by atoms with Crippen molar-refractivity contribution >= 4 is 29.3 Å². The lowest BCUT2D eigenvalue weighted by Crippen LogP contribution is -2.46. The maximum atomic E-state index is 11.9. The average Bonchev–Trinajstić information content (AvgIpc) is 2.35. The van der Waals surface area contributed by atoms with Gasteiger partial charge in [0.15, 0.2) is 0 Å². The van der Waals surface area contributed by atoms with E-state index >= 15 is 0 Å². The molecule has 0 saturated heterocycles. The first kappa shape index (κ1) is 17.3. The van der Waals surface area contributed by atoms with E-state index in [4.69, 9.17) is 16.3 Å². The average molecular weight is 315 g/mol. The number of carbonyl (C=O) groups is 2. The van der Waals surface area contributed by atoms with Crippen molar-refractivity contribution < 1.29 is 19.4 Å². The van der Waals surface area contributed by atoms with Gasteiger partial charge in [-0.3, -0.25) is 10.1 Å². The molecule has 1 aromatic carbocycles. The SMILES string of the molecule is CC(C)(C)OC(=O)NC(=O)[C@H](CO)Nc1ccc(Cl)cc1. The fourth-order valence-electron chi connectivity index (χ4n) is 1.43. The van der Waals surface area contributed by atoms with Crippen LogP contribution in [0.2, 0.25) is 5.02 Å². The summed E-state index contributed by atoms with van der Waals surface area (Å²) in [6, 6.07) is 5.63. The van der Waals surface area contributed by atoms with Crippen molar-refractivity contribution in [3.8, 4) is 0 Å². The number of amides is 2. The van der Waals surface area contributed by atoms with Crippen molar-refractivity contribution in [2.45, 2.75) is 32.4 Å². The first-order valence-corrected chi connectivity index (χ1v) is 6.76. The van der Waals surface area contributed by atoms with Gasteiger partial charge in [0.2, 0.25) is 0 Å². The standard InChI is InChI=1S/C14H19ClN2O4/c1-14(2,3)21-13(20)17-12(19)11(8-18)16-10-6-4-9(15)5-7-10/h4-7,11,16,18H,8H2,1-3H3,(H,17,19,20)/t11-/m0/s1. The maximum absolute atomic E-state index is 11.9. The van der Waals surface area contributed by atoms with Crippen molar-refractivity contribution in [3.05, 3.63) is 29.3 Å². The van der Waals surface area contributed by atoms with E-state index in [0.29, 0.717) is 10.7 Å². The molecular formula is C14H19ClN2O4. The van der Waals surface area contributed by atoms with Crippen molar-refractivity contribution in [1.29, 1.82) is 0 Å². The number of hydrogen-bond acceptors (Lipinski definition) is 5. The largest absolute Gasteiger partial charge is 0.444 e. The fraction of sp³-hybridized carbons (Fsp3) is 0.429. The van der Waals surface area contributed by atoms with Gasteiger partial charge in [0.25, 0.3) is 5.91 Å². The Morgan fingerprint density at radius 3 is 2.33 bits per heavy atom. The van der Waals surface area contributed by atoms with Crippen LogP contribution in [0.3, 0.4) is 0 Å². The van der Waals surface area contributed by atoms with Crippen LogP contribution < -0.4 is 10.6 Å². The van der Waals surface area contributed by atoms with E-state index in [1.54, 1.807) is 45.0 Å². The van der Waals surface area contributed by atoms with Crippen molar-refractivity contribution in [2.24, 2.45) is 0 Å². The highest BCUT2D eigenvalue weighted by molar-refractivity contribution is 6.30. The zero-order valence-corrected chi connectivity index (χ0v) is 12.9. The van der Waals surface area contributed by atoms with E-state index in [1.807, 2.05) is 0 Å². The van der Waals surface area contributed by atoms with Gasteiger partial charge in [0.1, 0.15) is 11.6 Å². The Balaban J connectivity index is 2.61. The molecule has 21 heavy (non-hydrogen) atoms. The summed E-state index contributed by atoms with van der Waals surface area (Å²) in [5.41, 5.74) is -0.110. The highest BCUT2D eigenvalue weighted by Gasteiger charge is 2.23.